The van der Waals surface area contributed by atoms with E-state index in [1.165, 1.54) is 28.1 Å². The zero-order valence-corrected chi connectivity index (χ0v) is 20.0. The molecule has 1 saturated carbocycles. The highest BCUT2D eigenvalue weighted by molar-refractivity contribution is 6.32. The number of benzene rings is 1. The number of hydrogen-bond donors (Lipinski definition) is 0. The minimum Gasteiger partial charge on any atom is -0.327 e. The van der Waals surface area contributed by atoms with Gasteiger partial charge in [0.2, 0.25) is 11.2 Å². The molecule has 0 unspecified atom stereocenters. The molecule has 2 aromatic heterocycles. The van der Waals surface area contributed by atoms with Crippen molar-refractivity contribution in [2.75, 3.05) is 7.05 Å². The Morgan fingerprint density at radius 2 is 1.82 bits per heavy atom. The van der Waals surface area contributed by atoms with E-state index in [1.807, 2.05) is 0 Å². The predicted molar refractivity (Wildman–Crippen MR) is 125 cm³/mol. The summed E-state index contributed by atoms with van der Waals surface area (Å²) in [6.07, 6.45) is 2.27. The average molecular weight is 492 g/mol. The Balaban J connectivity index is 1.82. The molecular weight excluding hydrogens is 469 g/mol. The van der Waals surface area contributed by atoms with Crippen LogP contribution in [0.5, 0.6) is 0 Å². The number of rotatable bonds is 4. The minimum absolute atomic E-state index is 0.0353. The van der Waals surface area contributed by atoms with E-state index in [2.05, 4.69) is 4.98 Å². The van der Waals surface area contributed by atoms with Crippen LogP contribution in [0.25, 0.3) is 11.2 Å². The zero-order valence-electron chi connectivity index (χ0n) is 18.5. The molecule has 0 bridgehead atoms. The largest absolute Gasteiger partial charge is 0.332 e. The molecule has 1 atom stereocenters. The van der Waals surface area contributed by atoms with Crippen LogP contribution in [0, 0.1) is 0 Å². The molecule has 1 aliphatic rings. The second-order valence-electron chi connectivity index (χ2n) is 8.27. The molecule has 9 nitrogen and oxygen atoms in total. The SMILES string of the molecule is CN(C(=O)Cn1c(Cl)nc2c1c(=O)n(C)c(=O)n2C)[C@@]1(c2ccccc2Cl)CCCCC1=O. The molecule has 0 aliphatic heterocycles. The molecule has 1 aliphatic carbocycles. The number of ketones is 1. The summed E-state index contributed by atoms with van der Waals surface area (Å²) in [5.74, 6) is -0.528. The molecular formula is C22H23Cl2N5O4. The fourth-order valence-electron chi connectivity index (χ4n) is 4.65. The van der Waals surface area contributed by atoms with E-state index < -0.39 is 22.7 Å². The molecule has 0 radical (unpaired) electrons. The molecule has 0 N–H and O–H groups in total. The van der Waals surface area contributed by atoms with E-state index >= 15 is 0 Å². The van der Waals surface area contributed by atoms with Crippen LogP contribution >= 0.6 is 23.2 Å². The predicted octanol–water partition coefficient (Wildman–Crippen LogP) is 2.24. The molecule has 1 amide bonds. The minimum atomic E-state index is -1.21. The maximum atomic E-state index is 13.5. The van der Waals surface area contributed by atoms with Crippen molar-refractivity contribution < 1.29 is 9.59 Å². The lowest BCUT2D eigenvalue weighted by molar-refractivity contribution is -0.148. The van der Waals surface area contributed by atoms with E-state index in [9.17, 15) is 19.2 Å². The Morgan fingerprint density at radius 3 is 2.48 bits per heavy atom. The summed E-state index contributed by atoms with van der Waals surface area (Å²) < 4.78 is 3.40. The highest BCUT2D eigenvalue weighted by Crippen LogP contribution is 2.42. The maximum absolute atomic E-state index is 13.5. The van der Waals surface area contributed by atoms with Crippen LogP contribution in [-0.2, 0) is 35.8 Å². The van der Waals surface area contributed by atoms with E-state index in [0.717, 1.165) is 17.4 Å². The number of carbonyl (C=O) groups excluding carboxylic acids is 2. The number of nitrogens with zero attached hydrogens (tertiary/aromatic N) is 5. The second-order valence-corrected chi connectivity index (χ2v) is 9.01. The fraction of sp³-hybridized carbons (Fsp3) is 0.409. The number of aromatic nitrogens is 4. The van der Waals surface area contributed by atoms with Gasteiger partial charge in [-0.3, -0.25) is 28.1 Å². The van der Waals surface area contributed by atoms with Gasteiger partial charge in [0.25, 0.3) is 5.56 Å². The van der Waals surface area contributed by atoms with Gasteiger partial charge in [0.1, 0.15) is 12.1 Å². The third-order valence-corrected chi connectivity index (χ3v) is 7.13. The van der Waals surface area contributed by atoms with Crippen molar-refractivity contribution in [2.45, 2.75) is 37.8 Å². The first-order valence-electron chi connectivity index (χ1n) is 10.5. The van der Waals surface area contributed by atoms with Gasteiger partial charge in [-0.2, -0.15) is 4.98 Å². The van der Waals surface area contributed by atoms with Gasteiger partial charge < -0.3 is 4.90 Å². The van der Waals surface area contributed by atoms with E-state index in [4.69, 9.17) is 23.2 Å². The van der Waals surface area contributed by atoms with Crippen LogP contribution in [0.3, 0.4) is 0 Å². The number of imidazole rings is 1. The third kappa shape index (κ3) is 3.50. The van der Waals surface area contributed by atoms with Crippen LogP contribution in [0.15, 0.2) is 33.9 Å². The lowest BCUT2D eigenvalue weighted by Crippen LogP contribution is -2.55. The zero-order chi connectivity index (χ0) is 24.1. The van der Waals surface area contributed by atoms with Gasteiger partial charge in [0.15, 0.2) is 16.9 Å². The highest BCUT2D eigenvalue weighted by atomic mass is 35.5. The lowest BCUT2D eigenvalue weighted by atomic mass is 9.74. The molecule has 3 aromatic rings. The molecule has 1 aromatic carbocycles. The fourth-order valence-corrected chi connectivity index (χ4v) is 5.16. The van der Waals surface area contributed by atoms with Gasteiger partial charge in [0.05, 0.1) is 0 Å². The number of hydrogen-bond acceptors (Lipinski definition) is 5. The molecule has 33 heavy (non-hydrogen) atoms. The van der Waals surface area contributed by atoms with Gasteiger partial charge in [-0.25, -0.2) is 4.79 Å². The number of amides is 1. The van der Waals surface area contributed by atoms with E-state index in [0.29, 0.717) is 23.4 Å². The maximum Gasteiger partial charge on any atom is 0.332 e. The van der Waals surface area contributed by atoms with Crippen LogP contribution in [0.2, 0.25) is 10.3 Å². The molecule has 2 heterocycles. The Bertz CT molecular complexity index is 1410. The lowest BCUT2D eigenvalue weighted by Gasteiger charge is -2.44. The highest BCUT2D eigenvalue weighted by Gasteiger charge is 2.48. The number of halogens is 2. The van der Waals surface area contributed by atoms with Crippen LogP contribution < -0.4 is 11.2 Å². The Kier molecular flexibility index (Phi) is 5.96. The van der Waals surface area contributed by atoms with Crippen LogP contribution in [0.1, 0.15) is 31.2 Å². The van der Waals surface area contributed by atoms with Gasteiger partial charge in [-0.1, -0.05) is 29.8 Å². The normalized spacial score (nSPS) is 18.6. The summed E-state index contributed by atoms with van der Waals surface area (Å²) >= 11 is 12.8. The average Bonchev–Trinajstić information content (AvgIpc) is 3.12. The summed E-state index contributed by atoms with van der Waals surface area (Å²) in [5.41, 5.74) is -1.69. The van der Waals surface area contributed by atoms with Crippen LogP contribution in [-0.4, -0.2) is 42.3 Å². The van der Waals surface area contributed by atoms with Gasteiger partial charge in [0, 0.05) is 38.1 Å². The molecule has 4 rings (SSSR count). The number of likely N-dealkylation sites (N-methyl/N-ethyl adjacent to an activating group) is 1. The topological polar surface area (TPSA) is 99.2 Å². The second kappa shape index (κ2) is 8.46. The summed E-state index contributed by atoms with van der Waals surface area (Å²) in [5, 5.41) is 0.300. The summed E-state index contributed by atoms with van der Waals surface area (Å²) in [6, 6.07) is 7.02. The smallest absolute Gasteiger partial charge is 0.327 e. The molecule has 0 saturated heterocycles. The first-order chi connectivity index (χ1) is 15.6. The van der Waals surface area contributed by atoms with Crippen molar-refractivity contribution in [3.63, 3.8) is 0 Å². The summed E-state index contributed by atoms with van der Waals surface area (Å²) in [6.45, 7) is -0.335. The van der Waals surface area contributed by atoms with Crippen molar-refractivity contribution in [1.82, 2.24) is 23.6 Å². The molecule has 174 valence electrons. The first-order valence-corrected chi connectivity index (χ1v) is 11.2. The quantitative estimate of drug-likeness (QED) is 0.521. The number of fused-ring (bicyclic) bond motifs is 1. The monoisotopic (exact) mass is 491 g/mol. The Morgan fingerprint density at radius 1 is 1.12 bits per heavy atom. The van der Waals surface area contributed by atoms with Crippen molar-refractivity contribution in [3.05, 3.63) is 61.0 Å². The number of aryl methyl sites for hydroxylation is 1. The third-order valence-electron chi connectivity index (χ3n) is 6.51. The van der Waals surface area contributed by atoms with Crippen molar-refractivity contribution in [2.24, 2.45) is 14.1 Å². The van der Waals surface area contributed by atoms with Crippen molar-refractivity contribution in [3.8, 4) is 0 Å². The first kappa shape index (κ1) is 23.3. The van der Waals surface area contributed by atoms with Gasteiger partial charge in [-0.05, 0) is 36.9 Å². The Labute approximate surface area is 199 Å². The Hall–Kier alpha value is -2.91. The van der Waals surface area contributed by atoms with Gasteiger partial charge in [-0.15, -0.1) is 0 Å². The standard InChI is InChI=1S/C22H23Cl2N5O4/c1-26-18-17(19(32)27(2)21(26)33)29(20(24)25-18)12-16(31)28(3)22(11-7-6-10-15(22)30)13-8-4-5-9-14(13)23/h4-5,8-9H,6-7,10-12H2,1-3H3/t22-/m1/s1. The summed E-state index contributed by atoms with van der Waals surface area (Å²) in [7, 11) is 4.38. The number of carbonyl (C=O) groups is 2. The van der Waals surface area contributed by atoms with Crippen LogP contribution in [0.4, 0.5) is 0 Å². The van der Waals surface area contributed by atoms with Crippen molar-refractivity contribution >= 4 is 46.1 Å². The molecule has 11 heteroatoms. The molecule has 1 fully saturated rings. The number of Topliss-reactive ketones (excluding diaryl/α,β-unsaturated/α-hetero) is 1. The van der Waals surface area contributed by atoms with E-state index in [-0.39, 0.29) is 28.8 Å². The van der Waals surface area contributed by atoms with Crippen molar-refractivity contribution in [1.29, 1.82) is 0 Å². The summed E-state index contributed by atoms with van der Waals surface area (Å²) in [4.78, 5) is 57.4. The van der Waals surface area contributed by atoms with Gasteiger partial charge >= 0.3 is 5.69 Å². The molecule has 0 spiro atoms. The van der Waals surface area contributed by atoms with E-state index in [1.54, 1.807) is 31.3 Å².